The van der Waals surface area contributed by atoms with E-state index in [4.69, 9.17) is 5.73 Å². The van der Waals surface area contributed by atoms with Crippen LogP contribution in [0.3, 0.4) is 0 Å². The molecule has 1 heterocycles. The SMILES string of the molecule is CN(C)C1CCN(C(=O)C(C)(C)N)C1. The second-order valence-electron chi connectivity index (χ2n) is 4.88. The average molecular weight is 199 g/mol. The van der Waals surface area contributed by atoms with Crippen LogP contribution in [0.2, 0.25) is 0 Å². The van der Waals surface area contributed by atoms with E-state index in [1.807, 2.05) is 19.0 Å². The topological polar surface area (TPSA) is 49.6 Å². The van der Waals surface area contributed by atoms with Gasteiger partial charge in [0.25, 0.3) is 0 Å². The summed E-state index contributed by atoms with van der Waals surface area (Å²) in [5.41, 5.74) is 5.04. The Morgan fingerprint density at radius 1 is 1.50 bits per heavy atom. The highest BCUT2D eigenvalue weighted by molar-refractivity contribution is 5.85. The van der Waals surface area contributed by atoms with Crippen LogP contribution in [-0.4, -0.2) is 54.5 Å². The first-order chi connectivity index (χ1) is 6.32. The lowest BCUT2D eigenvalue weighted by molar-refractivity contribution is -0.134. The third-order valence-electron chi connectivity index (χ3n) is 2.73. The summed E-state index contributed by atoms with van der Waals surface area (Å²) in [7, 11) is 4.10. The van der Waals surface area contributed by atoms with E-state index < -0.39 is 5.54 Å². The average Bonchev–Trinajstić information content (AvgIpc) is 2.48. The van der Waals surface area contributed by atoms with Crippen molar-refractivity contribution in [3.05, 3.63) is 0 Å². The van der Waals surface area contributed by atoms with Gasteiger partial charge in [0.1, 0.15) is 0 Å². The lowest BCUT2D eigenvalue weighted by Crippen LogP contribution is -2.50. The molecule has 2 N–H and O–H groups in total. The Morgan fingerprint density at radius 3 is 2.43 bits per heavy atom. The van der Waals surface area contributed by atoms with Crippen LogP contribution in [0.1, 0.15) is 20.3 Å². The Balaban J connectivity index is 2.54. The van der Waals surface area contributed by atoms with Gasteiger partial charge in [0.2, 0.25) is 5.91 Å². The van der Waals surface area contributed by atoms with E-state index in [0.717, 1.165) is 19.5 Å². The molecule has 0 aromatic heterocycles. The molecule has 0 radical (unpaired) electrons. The van der Waals surface area contributed by atoms with Crippen LogP contribution in [-0.2, 0) is 4.79 Å². The summed E-state index contributed by atoms with van der Waals surface area (Å²) in [6, 6.07) is 0.487. The highest BCUT2D eigenvalue weighted by atomic mass is 16.2. The van der Waals surface area contributed by atoms with Crippen molar-refractivity contribution in [3.8, 4) is 0 Å². The molecule has 0 aromatic carbocycles. The number of nitrogens with zero attached hydrogens (tertiary/aromatic N) is 2. The molecule has 0 bridgehead atoms. The number of likely N-dealkylation sites (N-methyl/N-ethyl adjacent to an activating group) is 1. The molecule has 1 fully saturated rings. The number of carbonyl (C=O) groups is 1. The van der Waals surface area contributed by atoms with Gasteiger partial charge in [-0.15, -0.1) is 0 Å². The van der Waals surface area contributed by atoms with Gasteiger partial charge in [0.05, 0.1) is 5.54 Å². The van der Waals surface area contributed by atoms with Crippen LogP contribution in [0.4, 0.5) is 0 Å². The van der Waals surface area contributed by atoms with Gasteiger partial charge < -0.3 is 15.5 Å². The van der Waals surface area contributed by atoms with Crippen molar-refractivity contribution in [3.63, 3.8) is 0 Å². The number of nitrogens with two attached hydrogens (primary N) is 1. The van der Waals surface area contributed by atoms with Crippen molar-refractivity contribution in [2.45, 2.75) is 31.8 Å². The van der Waals surface area contributed by atoms with Crippen molar-refractivity contribution in [1.82, 2.24) is 9.80 Å². The molecule has 82 valence electrons. The lowest BCUT2D eigenvalue weighted by Gasteiger charge is -2.26. The smallest absolute Gasteiger partial charge is 0.242 e. The second kappa shape index (κ2) is 3.87. The molecule has 0 aliphatic carbocycles. The summed E-state index contributed by atoms with van der Waals surface area (Å²) in [5, 5.41) is 0. The molecule has 1 rings (SSSR count). The van der Waals surface area contributed by atoms with Gasteiger partial charge in [-0.25, -0.2) is 0 Å². The normalized spacial score (nSPS) is 23.3. The summed E-state index contributed by atoms with van der Waals surface area (Å²) >= 11 is 0. The maximum atomic E-state index is 11.8. The van der Waals surface area contributed by atoms with E-state index >= 15 is 0 Å². The standard InChI is InChI=1S/C10H21N3O/c1-10(2,11)9(14)13-6-5-8(7-13)12(3)4/h8H,5-7,11H2,1-4H3. The molecule has 1 amide bonds. The Labute approximate surface area is 86.0 Å². The molecule has 4 heteroatoms. The first-order valence-electron chi connectivity index (χ1n) is 5.07. The van der Waals surface area contributed by atoms with Crippen molar-refractivity contribution in [2.24, 2.45) is 5.73 Å². The highest BCUT2D eigenvalue weighted by Crippen LogP contribution is 2.16. The summed E-state index contributed by atoms with van der Waals surface area (Å²) in [6.07, 6.45) is 1.05. The molecule has 1 aliphatic rings. The van der Waals surface area contributed by atoms with E-state index in [0.29, 0.717) is 6.04 Å². The lowest BCUT2D eigenvalue weighted by atomic mass is 10.1. The highest BCUT2D eigenvalue weighted by Gasteiger charge is 2.33. The van der Waals surface area contributed by atoms with Crippen molar-refractivity contribution < 1.29 is 4.79 Å². The van der Waals surface area contributed by atoms with Crippen molar-refractivity contribution >= 4 is 5.91 Å². The van der Waals surface area contributed by atoms with Gasteiger partial charge in [-0.05, 0) is 34.4 Å². The van der Waals surface area contributed by atoms with Crippen LogP contribution in [0.25, 0.3) is 0 Å². The maximum Gasteiger partial charge on any atom is 0.242 e. The quantitative estimate of drug-likeness (QED) is 0.675. The van der Waals surface area contributed by atoms with Crippen molar-refractivity contribution in [1.29, 1.82) is 0 Å². The molecule has 1 saturated heterocycles. The third-order valence-corrected chi connectivity index (χ3v) is 2.73. The Hall–Kier alpha value is -0.610. The number of carbonyl (C=O) groups excluding carboxylic acids is 1. The minimum Gasteiger partial charge on any atom is -0.339 e. The molecule has 14 heavy (non-hydrogen) atoms. The number of hydrogen-bond acceptors (Lipinski definition) is 3. The molecular formula is C10H21N3O. The Kier molecular flexibility index (Phi) is 3.17. The zero-order valence-electron chi connectivity index (χ0n) is 9.58. The molecule has 0 aromatic rings. The minimum atomic E-state index is -0.735. The van der Waals surface area contributed by atoms with Crippen LogP contribution in [0.15, 0.2) is 0 Å². The fourth-order valence-corrected chi connectivity index (χ4v) is 1.76. The first-order valence-corrected chi connectivity index (χ1v) is 5.07. The fourth-order valence-electron chi connectivity index (χ4n) is 1.76. The van der Waals surface area contributed by atoms with Crippen LogP contribution in [0.5, 0.6) is 0 Å². The van der Waals surface area contributed by atoms with Gasteiger partial charge in [-0.1, -0.05) is 0 Å². The first kappa shape index (κ1) is 11.5. The van der Waals surface area contributed by atoms with Crippen molar-refractivity contribution in [2.75, 3.05) is 27.2 Å². The Morgan fingerprint density at radius 2 is 2.07 bits per heavy atom. The summed E-state index contributed by atoms with van der Waals surface area (Å²) in [4.78, 5) is 15.8. The summed E-state index contributed by atoms with van der Waals surface area (Å²) in [5.74, 6) is 0.0573. The molecular weight excluding hydrogens is 178 g/mol. The number of hydrogen-bond donors (Lipinski definition) is 1. The zero-order valence-corrected chi connectivity index (χ0v) is 9.58. The van der Waals surface area contributed by atoms with E-state index in [9.17, 15) is 4.79 Å². The number of likely N-dealkylation sites (tertiary alicyclic amines) is 1. The predicted octanol–water partition coefficient (Wildman–Crippen LogP) is -0.114. The fraction of sp³-hybridized carbons (Fsp3) is 0.900. The number of rotatable bonds is 2. The van der Waals surface area contributed by atoms with Gasteiger partial charge in [-0.2, -0.15) is 0 Å². The predicted molar refractivity (Wildman–Crippen MR) is 56.9 cm³/mol. The molecule has 4 nitrogen and oxygen atoms in total. The second-order valence-corrected chi connectivity index (χ2v) is 4.88. The van der Waals surface area contributed by atoms with E-state index in [2.05, 4.69) is 4.90 Å². The summed E-state index contributed by atoms with van der Waals surface area (Å²) < 4.78 is 0. The van der Waals surface area contributed by atoms with E-state index in [1.165, 1.54) is 0 Å². The zero-order chi connectivity index (χ0) is 10.9. The van der Waals surface area contributed by atoms with Gasteiger partial charge in [0.15, 0.2) is 0 Å². The molecule has 1 aliphatic heterocycles. The van der Waals surface area contributed by atoms with Crippen LogP contribution >= 0.6 is 0 Å². The van der Waals surface area contributed by atoms with Gasteiger partial charge >= 0.3 is 0 Å². The third kappa shape index (κ3) is 2.45. The monoisotopic (exact) mass is 199 g/mol. The minimum absolute atomic E-state index is 0.0573. The Bertz CT molecular complexity index is 220. The van der Waals surface area contributed by atoms with E-state index in [1.54, 1.807) is 13.8 Å². The van der Waals surface area contributed by atoms with Gasteiger partial charge in [0, 0.05) is 19.1 Å². The number of amides is 1. The molecule has 0 spiro atoms. The molecule has 1 atom stereocenters. The van der Waals surface area contributed by atoms with Gasteiger partial charge in [-0.3, -0.25) is 4.79 Å². The molecule has 0 saturated carbocycles. The van der Waals surface area contributed by atoms with Crippen LogP contribution in [0, 0.1) is 0 Å². The maximum absolute atomic E-state index is 11.8. The largest absolute Gasteiger partial charge is 0.339 e. The van der Waals surface area contributed by atoms with E-state index in [-0.39, 0.29) is 5.91 Å². The molecule has 1 unspecified atom stereocenters. The van der Waals surface area contributed by atoms with Crippen LogP contribution < -0.4 is 5.73 Å². The summed E-state index contributed by atoms with van der Waals surface area (Å²) in [6.45, 7) is 5.17.